The predicted molar refractivity (Wildman–Crippen MR) is 70.2 cm³/mol. The van der Waals surface area contributed by atoms with Crippen molar-refractivity contribution in [3.63, 3.8) is 0 Å². The number of nitrogens with two attached hydrogens (primary N) is 1. The molecule has 1 fully saturated rings. The van der Waals surface area contributed by atoms with Gasteiger partial charge in [0.25, 0.3) is 0 Å². The van der Waals surface area contributed by atoms with Crippen LogP contribution in [0.2, 0.25) is 0 Å². The molecule has 3 atom stereocenters. The zero-order valence-electron chi connectivity index (χ0n) is 10.9. The fraction of sp³-hybridized carbons (Fsp3) is 0.786. The molecule has 2 aliphatic rings. The van der Waals surface area contributed by atoms with Crippen LogP contribution in [0.1, 0.15) is 68.3 Å². The Hall–Kier alpha value is -0.870. The Morgan fingerprint density at radius 1 is 1.17 bits per heavy atom. The average Bonchev–Trinajstić information content (AvgIpc) is 2.68. The SMILES string of the molecule is NC1CCCc2c1cnn2C1CCCCCC1O. The number of fused-ring (bicyclic) bond motifs is 1. The first-order valence-electron chi connectivity index (χ1n) is 7.27. The molecule has 0 aliphatic heterocycles. The number of rotatable bonds is 1. The van der Waals surface area contributed by atoms with Gasteiger partial charge in [0.2, 0.25) is 0 Å². The maximum atomic E-state index is 10.3. The number of hydrogen-bond donors (Lipinski definition) is 2. The number of hydrogen-bond acceptors (Lipinski definition) is 3. The normalized spacial score (nSPS) is 32.9. The number of nitrogens with zero attached hydrogens (tertiary/aromatic N) is 2. The van der Waals surface area contributed by atoms with Crippen LogP contribution in [0.15, 0.2) is 6.20 Å². The van der Waals surface area contributed by atoms with Crippen molar-refractivity contribution in [2.24, 2.45) is 5.73 Å². The summed E-state index contributed by atoms with van der Waals surface area (Å²) in [5.41, 5.74) is 8.62. The van der Waals surface area contributed by atoms with Crippen molar-refractivity contribution in [3.05, 3.63) is 17.5 Å². The van der Waals surface area contributed by atoms with Gasteiger partial charge >= 0.3 is 0 Å². The van der Waals surface area contributed by atoms with Crippen molar-refractivity contribution >= 4 is 0 Å². The minimum Gasteiger partial charge on any atom is -0.391 e. The second-order valence-electron chi connectivity index (χ2n) is 5.76. The van der Waals surface area contributed by atoms with Crippen LogP contribution in [-0.2, 0) is 6.42 Å². The molecule has 4 nitrogen and oxygen atoms in total. The lowest BCUT2D eigenvalue weighted by molar-refractivity contribution is 0.0971. The Kier molecular flexibility index (Phi) is 3.39. The summed E-state index contributed by atoms with van der Waals surface area (Å²) >= 11 is 0. The summed E-state index contributed by atoms with van der Waals surface area (Å²) in [5.74, 6) is 0. The number of aliphatic hydroxyl groups excluding tert-OH is 1. The zero-order chi connectivity index (χ0) is 12.5. The van der Waals surface area contributed by atoms with Gasteiger partial charge in [0.15, 0.2) is 0 Å². The molecule has 1 aromatic rings. The molecule has 0 aromatic carbocycles. The standard InChI is InChI=1S/C14H23N3O/c15-11-5-4-7-12-10(11)9-16-17(12)13-6-2-1-3-8-14(13)18/h9,11,13-14,18H,1-8,15H2. The Bertz CT molecular complexity index is 415. The second-order valence-corrected chi connectivity index (χ2v) is 5.76. The van der Waals surface area contributed by atoms with Crippen LogP contribution in [-0.4, -0.2) is 21.0 Å². The third kappa shape index (κ3) is 2.08. The van der Waals surface area contributed by atoms with E-state index in [1.807, 2.05) is 6.20 Å². The van der Waals surface area contributed by atoms with E-state index >= 15 is 0 Å². The van der Waals surface area contributed by atoms with Crippen molar-refractivity contribution in [1.29, 1.82) is 0 Å². The van der Waals surface area contributed by atoms with E-state index in [0.717, 1.165) is 38.5 Å². The summed E-state index contributed by atoms with van der Waals surface area (Å²) in [6, 6.07) is 0.312. The molecule has 4 heteroatoms. The van der Waals surface area contributed by atoms with Gasteiger partial charge in [-0.3, -0.25) is 4.68 Å². The molecule has 18 heavy (non-hydrogen) atoms. The molecule has 1 saturated carbocycles. The van der Waals surface area contributed by atoms with E-state index in [0.29, 0.717) is 0 Å². The highest BCUT2D eigenvalue weighted by atomic mass is 16.3. The van der Waals surface area contributed by atoms with Crippen molar-refractivity contribution in [1.82, 2.24) is 9.78 Å². The Morgan fingerprint density at radius 3 is 2.89 bits per heavy atom. The van der Waals surface area contributed by atoms with Gasteiger partial charge in [-0.2, -0.15) is 5.10 Å². The number of aliphatic hydroxyl groups is 1. The molecular formula is C14H23N3O. The molecule has 1 aromatic heterocycles. The molecule has 100 valence electrons. The third-order valence-corrected chi connectivity index (χ3v) is 4.52. The van der Waals surface area contributed by atoms with Crippen LogP contribution in [0.4, 0.5) is 0 Å². The molecule has 3 rings (SSSR count). The summed E-state index contributed by atoms with van der Waals surface area (Å²) in [4.78, 5) is 0. The molecule has 0 saturated heterocycles. The highest BCUT2D eigenvalue weighted by Gasteiger charge is 2.29. The van der Waals surface area contributed by atoms with Crippen molar-refractivity contribution in [2.45, 2.75) is 69.6 Å². The van der Waals surface area contributed by atoms with E-state index in [4.69, 9.17) is 5.73 Å². The minimum atomic E-state index is -0.241. The van der Waals surface area contributed by atoms with E-state index in [1.165, 1.54) is 24.1 Å². The molecule has 0 spiro atoms. The second kappa shape index (κ2) is 5.02. The van der Waals surface area contributed by atoms with Gasteiger partial charge in [0.05, 0.1) is 18.3 Å². The van der Waals surface area contributed by atoms with Gasteiger partial charge in [-0.1, -0.05) is 19.3 Å². The lowest BCUT2D eigenvalue weighted by Gasteiger charge is -2.26. The van der Waals surface area contributed by atoms with Gasteiger partial charge in [-0.05, 0) is 32.1 Å². The third-order valence-electron chi connectivity index (χ3n) is 4.52. The Balaban J connectivity index is 1.91. The monoisotopic (exact) mass is 249 g/mol. The first-order chi connectivity index (χ1) is 8.77. The fourth-order valence-corrected chi connectivity index (χ4v) is 3.45. The predicted octanol–water partition coefficient (Wildman–Crippen LogP) is 2.09. The van der Waals surface area contributed by atoms with Crippen LogP contribution in [0.3, 0.4) is 0 Å². The zero-order valence-corrected chi connectivity index (χ0v) is 10.9. The van der Waals surface area contributed by atoms with Gasteiger partial charge < -0.3 is 10.8 Å². The molecule has 0 radical (unpaired) electrons. The van der Waals surface area contributed by atoms with E-state index in [2.05, 4.69) is 9.78 Å². The summed E-state index contributed by atoms with van der Waals surface area (Å²) in [6.45, 7) is 0. The topological polar surface area (TPSA) is 64.1 Å². The van der Waals surface area contributed by atoms with Gasteiger partial charge in [-0.15, -0.1) is 0 Å². The summed E-state index contributed by atoms with van der Waals surface area (Å²) in [7, 11) is 0. The maximum absolute atomic E-state index is 10.3. The molecule has 3 unspecified atom stereocenters. The van der Waals surface area contributed by atoms with Gasteiger partial charge in [-0.25, -0.2) is 0 Å². The fourth-order valence-electron chi connectivity index (χ4n) is 3.45. The summed E-state index contributed by atoms with van der Waals surface area (Å²) < 4.78 is 2.09. The summed E-state index contributed by atoms with van der Waals surface area (Å²) in [5, 5.41) is 14.8. The van der Waals surface area contributed by atoms with Gasteiger partial charge in [0, 0.05) is 17.3 Å². The molecule has 0 amide bonds. The largest absolute Gasteiger partial charge is 0.391 e. The quantitative estimate of drug-likeness (QED) is 0.749. The molecule has 2 aliphatic carbocycles. The summed E-state index contributed by atoms with van der Waals surface area (Å²) in [6.07, 6.45) is 10.5. The maximum Gasteiger partial charge on any atom is 0.0781 e. The molecule has 1 heterocycles. The molecule has 3 N–H and O–H groups in total. The van der Waals surface area contributed by atoms with E-state index in [1.54, 1.807) is 0 Å². The van der Waals surface area contributed by atoms with Crippen LogP contribution < -0.4 is 5.73 Å². The van der Waals surface area contributed by atoms with Crippen molar-refractivity contribution in [3.8, 4) is 0 Å². The average molecular weight is 249 g/mol. The lowest BCUT2D eigenvalue weighted by atomic mass is 9.93. The smallest absolute Gasteiger partial charge is 0.0781 e. The van der Waals surface area contributed by atoms with Crippen molar-refractivity contribution < 1.29 is 5.11 Å². The van der Waals surface area contributed by atoms with E-state index in [9.17, 15) is 5.11 Å². The first kappa shape index (κ1) is 12.2. The Labute approximate surface area is 108 Å². The van der Waals surface area contributed by atoms with Crippen LogP contribution in [0, 0.1) is 0 Å². The molecular weight excluding hydrogens is 226 g/mol. The van der Waals surface area contributed by atoms with Crippen molar-refractivity contribution in [2.75, 3.05) is 0 Å². The number of aromatic nitrogens is 2. The van der Waals surface area contributed by atoms with E-state index in [-0.39, 0.29) is 18.2 Å². The van der Waals surface area contributed by atoms with Crippen LogP contribution in [0.25, 0.3) is 0 Å². The van der Waals surface area contributed by atoms with Gasteiger partial charge in [0.1, 0.15) is 0 Å². The Morgan fingerprint density at radius 2 is 2.00 bits per heavy atom. The highest BCUT2D eigenvalue weighted by Crippen LogP contribution is 2.33. The minimum absolute atomic E-state index is 0.144. The van der Waals surface area contributed by atoms with Crippen LogP contribution in [0.5, 0.6) is 0 Å². The van der Waals surface area contributed by atoms with E-state index < -0.39 is 0 Å². The molecule has 0 bridgehead atoms. The van der Waals surface area contributed by atoms with Crippen LogP contribution >= 0.6 is 0 Å². The lowest BCUT2D eigenvalue weighted by Crippen LogP contribution is -2.27. The first-order valence-corrected chi connectivity index (χ1v) is 7.27. The highest BCUT2D eigenvalue weighted by molar-refractivity contribution is 5.25.